The lowest BCUT2D eigenvalue weighted by Crippen LogP contribution is -2.22. The zero-order valence-corrected chi connectivity index (χ0v) is 12.5. The van der Waals surface area contributed by atoms with E-state index in [0.717, 1.165) is 31.6 Å². The Balaban J connectivity index is 2.76. The van der Waals surface area contributed by atoms with Crippen LogP contribution in [0.2, 0.25) is 0 Å². The average molecular weight is 261 g/mol. The Morgan fingerprint density at radius 1 is 1.42 bits per heavy atom. The van der Waals surface area contributed by atoms with Crippen LogP contribution in [0.3, 0.4) is 0 Å². The predicted molar refractivity (Wildman–Crippen MR) is 82.8 cm³/mol. The van der Waals surface area contributed by atoms with Gasteiger partial charge in [0.2, 0.25) is 0 Å². The van der Waals surface area contributed by atoms with Crippen molar-refractivity contribution < 1.29 is 4.74 Å². The van der Waals surface area contributed by atoms with Crippen LogP contribution in [0.4, 0.5) is 0 Å². The minimum Gasteiger partial charge on any atom is -0.496 e. The third-order valence-electron chi connectivity index (χ3n) is 3.36. The quantitative estimate of drug-likeness (QED) is 0.525. The minimum atomic E-state index is 0.435. The van der Waals surface area contributed by atoms with Gasteiger partial charge in [-0.15, -0.1) is 6.58 Å². The van der Waals surface area contributed by atoms with Crippen LogP contribution in [-0.2, 0) is 0 Å². The van der Waals surface area contributed by atoms with Crippen molar-refractivity contribution in [2.75, 3.05) is 13.7 Å². The number of hydrogen-bond acceptors (Lipinski definition) is 2. The summed E-state index contributed by atoms with van der Waals surface area (Å²) in [6.45, 7) is 9.15. The zero-order valence-electron chi connectivity index (χ0n) is 12.5. The molecule has 1 atom stereocenters. The molecular weight excluding hydrogens is 234 g/mol. The van der Waals surface area contributed by atoms with Crippen LogP contribution in [0, 0.1) is 6.92 Å². The van der Waals surface area contributed by atoms with Gasteiger partial charge in [0.05, 0.1) is 7.11 Å². The second kappa shape index (κ2) is 8.76. The van der Waals surface area contributed by atoms with Crippen molar-refractivity contribution in [2.45, 2.75) is 45.6 Å². The van der Waals surface area contributed by atoms with Crippen LogP contribution < -0.4 is 10.1 Å². The van der Waals surface area contributed by atoms with E-state index in [1.807, 2.05) is 6.08 Å². The summed E-state index contributed by atoms with van der Waals surface area (Å²) in [4.78, 5) is 0. The Morgan fingerprint density at radius 2 is 2.21 bits per heavy atom. The molecule has 0 aliphatic heterocycles. The van der Waals surface area contributed by atoms with Gasteiger partial charge in [0, 0.05) is 6.04 Å². The van der Waals surface area contributed by atoms with E-state index in [1.54, 1.807) is 7.11 Å². The molecule has 2 heteroatoms. The topological polar surface area (TPSA) is 21.3 Å². The van der Waals surface area contributed by atoms with E-state index >= 15 is 0 Å². The van der Waals surface area contributed by atoms with Crippen molar-refractivity contribution >= 4 is 0 Å². The number of unbranched alkanes of at least 4 members (excludes halogenated alkanes) is 1. The second-order valence-corrected chi connectivity index (χ2v) is 4.96. The summed E-state index contributed by atoms with van der Waals surface area (Å²) in [6, 6.07) is 6.91. The summed E-state index contributed by atoms with van der Waals surface area (Å²) < 4.78 is 5.33. The lowest BCUT2D eigenvalue weighted by Gasteiger charge is -2.20. The van der Waals surface area contributed by atoms with E-state index in [4.69, 9.17) is 4.74 Å². The van der Waals surface area contributed by atoms with Crippen LogP contribution in [0.25, 0.3) is 0 Å². The largest absolute Gasteiger partial charge is 0.496 e. The lowest BCUT2D eigenvalue weighted by molar-refractivity contribution is 0.410. The molecule has 0 saturated heterocycles. The molecule has 0 heterocycles. The van der Waals surface area contributed by atoms with E-state index in [1.165, 1.54) is 17.5 Å². The van der Waals surface area contributed by atoms with Gasteiger partial charge in [-0.1, -0.05) is 25.1 Å². The molecule has 106 valence electrons. The molecule has 0 aliphatic rings. The van der Waals surface area contributed by atoms with Crippen molar-refractivity contribution in [2.24, 2.45) is 0 Å². The van der Waals surface area contributed by atoms with Gasteiger partial charge in [-0.3, -0.25) is 0 Å². The maximum atomic E-state index is 5.33. The summed E-state index contributed by atoms with van der Waals surface area (Å²) >= 11 is 0. The monoisotopic (exact) mass is 261 g/mol. The van der Waals surface area contributed by atoms with Crippen molar-refractivity contribution in [3.05, 3.63) is 42.0 Å². The number of nitrogens with one attached hydrogen (secondary N) is 1. The second-order valence-electron chi connectivity index (χ2n) is 4.96. The molecule has 0 spiro atoms. The van der Waals surface area contributed by atoms with Gasteiger partial charge in [0.1, 0.15) is 5.75 Å². The highest BCUT2D eigenvalue weighted by molar-refractivity contribution is 5.37. The zero-order chi connectivity index (χ0) is 14.1. The van der Waals surface area contributed by atoms with Crippen LogP contribution in [-0.4, -0.2) is 13.7 Å². The first-order valence-electron chi connectivity index (χ1n) is 7.21. The summed E-state index contributed by atoms with van der Waals surface area (Å²) in [7, 11) is 1.72. The highest BCUT2D eigenvalue weighted by Crippen LogP contribution is 2.25. The molecule has 1 aromatic carbocycles. The van der Waals surface area contributed by atoms with Gasteiger partial charge in [-0.2, -0.15) is 0 Å². The maximum Gasteiger partial charge on any atom is 0.121 e. The number of allylic oxidation sites excluding steroid dienone is 1. The van der Waals surface area contributed by atoms with Gasteiger partial charge in [-0.25, -0.2) is 0 Å². The fraction of sp³-hybridized carbons (Fsp3) is 0.529. The van der Waals surface area contributed by atoms with E-state index in [-0.39, 0.29) is 0 Å². The van der Waals surface area contributed by atoms with E-state index in [0.29, 0.717) is 6.04 Å². The summed E-state index contributed by atoms with van der Waals surface area (Å²) in [6.07, 6.45) is 6.57. The van der Waals surface area contributed by atoms with E-state index in [2.05, 4.69) is 43.9 Å². The SMILES string of the molecule is C=CCCCC(NCCC)c1ccc(OC)c(C)c1. The minimum absolute atomic E-state index is 0.435. The molecule has 0 amide bonds. The Morgan fingerprint density at radius 3 is 2.79 bits per heavy atom. The number of methoxy groups -OCH3 is 1. The van der Waals surface area contributed by atoms with Crippen LogP contribution in [0.1, 0.15) is 49.8 Å². The molecule has 0 radical (unpaired) electrons. The molecule has 0 aliphatic carbocycles. The number of hydrogen-bond donors (Lipinski definition) is 1. The summed E-state index contributed by atoms with van der Waals surface area (Å²) in [5, 5.41) is 3.63. The first-order valence-corrected chi connectivity index (χ1v) is 7.21. The van der Waals surface area contributed by atoms with Crippen LogP contribution in [0.15, 0.2) is 30.9 Å². The van der Waals surface area contributed by atoms with Crippen molar-refractivity contribution in [1.82, 2.24) is 5.32 Å². The third-order valence-corrected chi connectivity index (χ3v) is 3.36. The number of rotatable bonds is 9. The van der Waals surface area contributed by atoms with E-state index in [9.17, 15) is 0 Å². The molecule has 1 N–H and O–H groups in total. The van der Waals surface area contributed by atoms with Gasteiger partial charge >= 0.3 is 0 Å². The molecule has 19 heavy (non-hydrogen) atoms. The average Bonchev–Trinajstić information content (AvgIpc) is 2.42. The number of benzene rings is 1. The Kier molecular flexibility index (Phi) is 7.27. The van der Waals surface area contributed by atoms with Gasteiger partial charge in [0.15, 0.2) is 0 Å². The number of ether oxygens (including phenoxy) is 1. The molecular formula is C17H27NO. The highest BCUT2D eigenvalue weighted by Gasteiger charge is 2.11. The van der Waals surface area contributed by atoms with Crippen LogP contribution in [0.5, 0.6) is 5.75 Å². The molecule has 0 bridgehead atoms. The molecule has 2 nitrogen and oxygen atoms in total. The van der Waals surface area contributed by atoms with Gasteiger partial charge < -0.3 is 10.1 Å². The van der Waals surface area contributed by atoms with E-state index < -0.39 is 0 Å². The molecule has 1 unspecified atom stereocenters. The molecule has 0 saturated carbocycles. The highest BCUT2D eigenvalue weighted by atomic mass is 16.5. The van der Waals surface area contributed by atoms with Crippen molar-refractivity contribution in [1.29, 1.82) is 0 Å². The summed E-state index contributed by atoms with van der Waals surface area (Å²) in [5.41, 5.74) is 2.56. The summed E-state index contributed by atoms with van der Waals surface area (Å²) in [5.74, 6) is 0.962. The first kappa shape index (κ1) is 15.8. The fourth-order valence-electron chi connectivity index (χ4n) is 2.29. The fourth-order valence-corrected chi connectivity index (χ4v) is 2.29. The molecule has 1 rings (SSSR count). The van der Waals surface area contributed by atoms with Gasteiger partial charge in [0.25, 0.3) is 0 Å². The van der Waals surface area contributed by atoms with Crippen LogP contribution >= 0.6 is 0 Å². The Hall–Kier alpha value is -1.28. The first-order chi connectivity index (χ1) is 9.22. The normalized spacial score (nSPS) is 12.2. The van der Waals surface area contributed by atoms with Crippen molar-refractivity contribution in [3.8, 4) is 5.75 Å². The molecule has 0 aromatic heterocycles. The molecule has 1 aromatic rings. The Labute approximate surface area is 117 Å². The lowest BCUT2D eigenvalue weighted by atomic mass is 9.98. The smallest absolute Gasteiger partial charge is 0.121 e. The molecule has 0 fully saturated rings. The number of aryl methyl sites for hydroxylation is 1. The predicted octanol–water partition coefficient (Wildman–Crippen LogP) is 4.40. The standard InChI is InChI=1S/C17H27NO/c1-5-7-8-9-16(18-12-6-2)15-10-11-17(19-4)14(3)13-15/h5,10-11,13,16,18H,1,6-9,12H2,2-4H3. The van der Waals surface area contributed by atoms with Crippen molar-refractivity contribution in [3.63, 3.8) is 0 Å². The third kappa shape index (κ3) is 5.07. The van der Waals surface area contributed by atoms with Gasteiger partial charge in [-0.05, 0) is 56.3 Å². The Bertz CT molecular complexity index is 387. The maximum absolute atomic E-state index is 5.33.